The summed E-state index contributed by atoms with van der Waals surface area (Å²) in [6.07, 6.45) is 0. The number of benzene rings is 3. The van der Waals surface area contributed by atoms with Crippen molar-refractivity contribution in [3.63, 3.8) is 0 Å². The largest absolute Gasteiger partial charge is 0.907 e. The highest BCUT2D eigenvalue weighted by molar-refractivity contribution is 6.82. The fraction of sp³-hybridized carbons (Fsp3) is 0.500. The van der Waals surface area contributed by atoms with Crippen LogP contribution in [0.25, 0.3) is 0 Å². The van der Waals surface area contributed by atoms with Gasteiger partial charge in [0.05, 0.1) is 17.1 Å². The van der Waals surface area contributed by atoms with Gasteiger partial charge < -0.3 is 27.8 Å². The SMILES string of the molecule is C[Si](C)(C)[NH+](c1ccccc1)[Si](C)(C)C.C[Si](C)(C)[NH+](c1ccccc1)[Si](C)(C)C.C[Si](C)(C)[NH+](c1ccccc1)[Si](C)(C)C.[O-]B([O-])[O-]. The summed E-state index contributed by atoms with van der Waals surface area (Å²) in [5.41, 5.74) is 4.49. The lowest BCUT2D eigenvalue weighted by molar-refractivity contribution is -0.599. The summed E-state index contributed by atoms with van der Waals surface area (Å²) < 4.78 is 5.40. The molecule has 0 atom stereocenters. The Labute approximate surface area is 308 Å². The van der Waals surface area contributed by atoms with Gasteiger partial charge in [-0.2, -0.15) is 0 Å². The molecule has 0 radical (unpaired) electrons. The smallest absolute Gasteiger partial charge is 0.262 e. The van der Waals surface area contributed by atoms with E-state index < -0.39 is 56.7 Å². The van der Waals surface area contributed by atoms with Crippen LogP contribution in [0.15, 0.2) is 91.0 Å². The molecule has 0 bridgehead atoms. The monoisotopic (exact) mass is 773 g/mol. The second kappa shape index (κ2) is 19.6. The summed E-state index contributed by atoms with van der Waals surface area (Å²) >= 11 is 0. The van der Waals surface area contributed by atoms with Crippen LogP contribution in [-0.4, -0.2) is 56.7 Å². The van der Waals surface area contributed by atoms with Crippen LogP contribution >= 0.6 is 0 Å². The van der Waals surface area contributed by atoms with Gasteiger partial charge in [-0.05, 0) is 154 Å². The van der Waals surface area contributed by atoms with Crippen molar-refractivity contribution in [2.45, 2.75) is 118 Å². The van der Waals surface area contributed by atoms with Gasteiger partial charge in [0.15, 0.2) is 0 Å². The second-order valence-electron chi connectivity index (χ2n) is 19.0. The predicted molar refractivity (Wildman–Crippen MR) is 227 cm³/mol. The van der Waals surface area contributed by atoms with Crippen LogP contribution < -0.4 is 27.8 Å². The normalized spacial score (nSPS) is 12.7. The van der Waals surface area contributed by atoms with E-state index in [9.17, 15) is 0 Å². The molecule has 3 aromatic rings. The zero-order valence-corrected chi connectivity index (χ0v) is 40.5. The minimum absolute atomic E-state index is 1.18. The molecular weight excluding hydrogens is 702 g/mol. The maximum absolute atomic E-state index is 8.42. The van der Waals surface area contributed by atoms with Crippen molar-refractivity contribution in [3.05, 3.63) is 91.0 Å². The third-order valence-electron chi connectivity index (χ3n) is 7.69. The Balaban J connectivity index is 0.000000667. The Morgan fingerprint density at radius 1 is 0.306 bits per heavy atom. The fourth-order valence-electron chi connectivity index (χ4n) is 7.79. The van der Waals surface area contributed by atoms with Crippen molar-refractivity contribution in [2.24, 2.45) is 0 Å². The van der Waals surface area contributed by atoms with Gasteiger partial charge in [-0.1, -0.05) is 54.6 Å². The first-order valence-electron chi connectivity index (χ1n) is 17.7. The fourth-order valence-corrected chi connectivity index (χ4v) is 41.0. The summed E-state index contributed by atoms with van der Waals surface area (Å²) in [4.78, 5) is 0. The maximum atomic E-state index is 8.42. The van der Waals surface area contributed by atoms with Crippen molar-refractivity contribution in [3.8, 4) is 0 Å². The van der Waals surface area contributed by atoms with E-state index in [0.29, 0.717) is 0 Å². The quantitative estimate of drug-likeness (QED) is 0.277. The third-order valence-corrected chi connectivity index (χ3v) is 31.9. The maximum Gasteiger partial charge on any atom is 0.262 e. The van der Waals surface area contributed by atoms with E-state index >= 15 is 0 Å². The van der Waals surface area contributed by atoms with E-state index in [1.54, 1.807) is 12.7 Å². The summed E-state index contributed by atoms with van der Waals surface area (Å²) in [7, 11) is -10.0. The van der Waals surface area contributed by atoms with E-state index in [0.717, 1.165) is 0 Å². The molecule has 0 heterocycles. The molecule has 0 spiro atoms. The molecule has 0 aromatic heterocycles. The number of quaternary nitrogens is 3. The molecular formula is C36H72BN3O3Si6. The average Bonchev–Trinajstić information content (AvgIpc) is 2.86. The Kier molecular flexibility index (Phi) is 19.1. The molecule has 0 fully saturated rings. The van der Waals surface area contributed by atoms with E-state index in [-0.39, 0.29) is 0 Å². The lowest BCUT2D eigenvalue weighted by atomic mass is 10.3. The molecule has 0 aliphatic heterocycles. The first-order valence-corrected chi connectivity index (χ1v) is 38.7. The summed E-state index contributed by atoms with van der Waals surface area (Å²) in [5, 5.41) is 25.2. The van der Waals surface area contributed by atoms with Crippen LogP contribution in [-0.2, 0) is 0 Å². The van der Waals surface area contributed by atoms with E-state index in [4.69, 9.17) is 15.1 Å². The molecule has 0 saturated heterocycles. The molecule has 276 valence electrons. The van der Waals surface area contributed by atoms with Gasteiger partial charge in [0.2, 0.25) is 0 Å². The first-order chi connectivity index (χ1) is 21.9. The van der Waals surface area contributed by atoms with Gasteiger partial charge in [0, 0.05) is 0 Å². The summed E-state index contributed by atoms with van der Waals surface area (Å²) in [6, 6.07) is 33.0. The molecule has 0 aliphatic rings. The van der Waals surface area contributed by atoms with E-state index in [1.165, 1.54) is 17.1 Å². The highest BCUT2D eigenvalue weighted by Crippen LogP contribution is 2.10. The molecule has 3 rings (SSSR count). The zero-order valence-electron chi connectivity index (χ0n) is 34.5. The van der Waals surface area contributed by atoms with Crippen LogP contribution in [0.1, 0.15) is 0 Å². The van der Waals surface area contributed by atoms with Gasteiger partial charge in [-0.3, -0.25) is 7.32 Å². The summed E-state index contributed by atoms with van der Waals surface area (Å²) in [6.45, 7) is 44.4. The minimum Gasteiger partial charge on any atom is -0.907 e. The van der Waals surface area contributed by atoms with Crippen molar-refractivity contribution >= 4 is 73.8 Å². The lowest BCUT2D eigenvalue weighted by Crippen LogP contribution is -3.25. The van der Waals surface area contributed by atoms with Gasteiger partial charge in [0.1, 0.15) is 0 Å². The van der Waals surface area contributed by atoms with Crippen LogP contribution in [0, 0.1) is 0 Å². The number of hydrogen-bond donors (Lipinski definition) is 3. The third kappa shape index (κ3) is 18.7. The molecule has 6 nitrogen and oxygen atoms in total. The van der Waals surface area contributed by atoms with Crippen LogP contribution in [0.2, 0.25) is 118 Å². The van der Waals surface area contributed by atoms with Crippen molar-refractivity contribution in [1.82, 2.24) is 0 Å². The molecule has 0 amide bonds. The minimum atomic E-state index is -2.92. The Morgan fingerprint density at radius 3 is 0.531 bits per heavy atom. The highest BCUT2D eigenvalue weighted by Gasteiger charge is 2.43. The van der Waals surface area contributed by atoms with Gasteiger partial charge in [0.25, 0.3) is 49.4 Å². The van der Waals surface area contributed by atoms with Crippen molar-refractivity contribution in [2.75, 3.05) is 0 Å². The Bertz CT molecular complexity index is 1110. The Morgan fingerprint density at radius 2 is 0.429 bits per heavy atom. The van der Waals surface area contributed by atoms with Crippen molar-refractivity contribution in [1.29, 1.82) is 0 Å². The van der Waals surface area contributed by atoms with Gasteiger partial charge >= 0.3 is 0 Å². The average molecular weight is 774 g/mol. The summed E-state index contributed by atoms with van der Waals surface area (Å²) in [5.74, 6) is 0. The Hall–Kier alpha value is -1.21. The van der Waals surface area contributed by atoms with E-state index in [2.05, 4.69) is 209 Å². The standard InChI is InChI=1S/3C12H23NSi2.BO3/c3*1-14(2,3)13(15(4,5)6)12-10-8-7-9-11-12;2-1(3)4/h3*7-11H,1-6H3;/q;;;-3/p+3. The van der Waals surface area contributed by atoms with Crippen LogP contribution in [0.4, 0.5) is 17.1 Å². The number of rotatable bonds is 9. The molecule has 0 aliphatic carbocycles. The first kappa shape index (κ1) is 47.8. The van der Waals surface area contributed by atoms with E-state index in [1.807, 2.05) is 0 Å². The second-order valence-corrected chi connectivity index (χ2v) is 50.5. The topological polar surface area (TPSA) is 82.5 Å². The van der Waals surface area contributed by atoms with Crippen LogP contribution in [0.5, 0.6) is 0 Å². The number of nitrogens with one attached hydrogen (secondary N) is 3. The molecule has 0 unspecified atom stereocenters. The van der Waals surface area contributed by atoms with Crippen molar-refractivity contribution < 1.29 is 27.8 Å². The predicted octanol–water partition coefficient (Wildman–Crippen LogP) is 4.67. The lowest BCUT2D eigenvalue weighted by Gasteiger charge is -2.40. The molecule has 13 heteroatoms. The van der Waals surface area contributed by atoms with Crippen LogP contribution in [0.3, 0.4) is 0 Å². The molecule has 49 heavy (non-hydrogen) atoms. The number of hydrogen-bond acceptors (Lipinski definition) is 3. The zero-order chi connectivity index (χ0) is 38.6. The molecule has 3 aromatic carbocycles. The highest BCUT2D eigenvalue weighted by atomic mass is 28.4. The van der Waals surface area contributed by atoms with Gasteiger partial charge in [-0.15, -0.1) is 0 Å². The van der Waals surface area contributed by atoms with Gasteiger partial charge in [-0.25, -0.2) is 0 Å². The molecule has 3 N–H and O–H groups in total. The molecule has 0 saturated carbocycles.